The van der Waals surface area contributed by atoms with Crippen molar-refractivity contribution in [2.24, 2.45) is 11.8 Å². The molecule has 6 nitrogen and oxygen atoms in total. The fourth-order valence-corrected chi connectivity index (χ4v) is 3.47. The standard InChI is InChI=1S/C10H16O6S/c11-8-1-2-9-6(4-8)3-7(10(12)16-9)5-17(13,14)15/h6-9,11H,1-5H2,(H,13,14,15)/p-1. The predicted octanol–water partition coefficient (Wildman–Crippen LogP) is -0.376. The van der Waals surface area contributed by atoms with Crippen LogP contribution < -0.4 is 0 Å². The summed E-state index contributed by atoms with van der Waals surface area (Å²) in [6, 6.07) is 0. The molecule has 2 aliphatic rings. The maximum atomic E-state index is 11.5. The zero-order chi connectivity index (χ0) is 12.6. The van der Waals surface area contributed by atoms with Gasteiger partial charge in [0.15, 0.2) is 0 Å². The van der Waals surface area contributed by atoms with Gasteiger partial charge in [0.25, 0.3) is 0 Å². The van der Waals surface area contributed by atoms with Gasteiger partial charge in [-0.25, -0.2) is 8.42 Å². The smallest absolute Gasteiger partial charge is 0.310 e. The first-order valence-corrected chi connectivity index (χ1v) is 7.25. The first kappa shape index (κ1) is 12.8. The number of rotatable bonds is 2. The molecule has 1 saturated heterocycles. The lowest BCUT2D eigenvalue weighted by atomic mass is 9.78. The van der Waals surface area contributed by atoms with Crippen molar-refractivity contribution in [3.05, 3.63) is 0 Å². The third-order valence-corrected chi connectivity index (χ3v) is 4.29. The number of hydrogen-bond acceptors (Lipinski definition) is 6. The highest BCUT2D eigenvalue weighted by Crippen LogP contribution is 2.36. The molecule has 1 saturated carbocycles. The Morgan fingerprint density at radius 3 is 2.71 bits per heavy atom. The Hall–Kier alpha value is -0.660. The van der Waals surface area contributed by atoms with E-state index < -0.39 is 33.9 Å². The fourth-order valence-electron chi connectivity index (χ4n) is 2.70. The molecule has 7 heteroatoms. The number of hydrogen-bond donors (Lipinski definition) is 1. The average Bonchev–Trinajstić information content (AvgIpc) is 2.17. The molecule has 2 rings (SSSR count). The molecule has 1 heterocycles. The highest BCUT2D eigenvalue weighted by molar-refractivity contribution is 7.85. The van der Waals surface area contributed by atoms with Crippen LogP contribution >= 0.6 is 0 Å². The first-order chi connectivity index (χ1) is 7.85. The second-order valence-corrected chi connectivity index (χ2v) is 6.31. The maximum Gasteiger partial charge on any atom is 0.310 e. The molecule has 1 aliphatic heterocycles. The van der Waals surface area contributed by atoms with E-state index in [0.717, 1.165) is 0 Å². The quantitative estimate of drug-likeness (QED) is 0.538. The minimum Gasteiger partial charge on any atom is -0.748 e. The lowest BCUT2D eigenvalue weighted by Crippen LogP contribution is -2.44. The number of carbonyl (C=O) groups is 1. The topological polar surface area (TPSA) is 104 Å². The molecule has 17 heavy (non-hydrogen) atoms. The van der Waals surface area contributed by atoms with Gasteiger partial charge in [-0.05, 0) is 31.6 Å². The maximum absolute atomic E-state index is 11.5. The highest BCUT2D eigenvalue weighted by atomic mass is 32.2. The Labute approximate surface area is 99.7 Å². The van der Waals surface area contributed by atoms with Crippen molar-refractivity contribution in [3.63, 3.8) is 0 Å². The van der Waals surface area contributed by atoms with Crippen LogP contribution in [0.15, 0.2) is 0 Å². The van der Waals surface area contributed by atoms with Gasteiger partial charge in [-0.3, -0.25) is 4.79 Å². The summed E-state index contributed by atoms with van der Waals surface area (Å²) in [5.41, 5.74) is 0. The minimum atomic E-state index is -4.42. The normalized spacial score (nSPS) is 38.4. The lowest BCUT2D eigenvalue weighted by molar-refractivity contribution is -0.170. The largest absolute Gasteiger partial charge is 0.748 e. The number of esters is 1. The van der Waals surface area contributed by atoms with Crippen LogP contribution in [0.2, 0.25) is 0 Å². The van der Waals surface area contributed by atoms with Crippen LogP contribution in [0.3, 0.4) is 0 Å². The Kier molecular flexibility index (Phi) is 3.42. The zero-order valence-corrected chi connectivity index (χ0v) is 10.1. The van der Waals surface area contributed by atoms with Gasteiger partial charge in [0, 0.05) is 0 Å². The second kappa shape index (κ2) is 4.55. The van der Waals surface area contributed by atoms with Crippen molar-refractivity contribution < 1.29 is 27.6 Å². The summed E-state index contributed by atoms with van der Waals surface area (Å²) in [5, 5.41) is 9.51. The van der Waals surface area contributed by atoms with Crippen molar-refractivity contribution in [1.29, 1.82) is 0 Å². The molecule has 0 radical (unpaired) electrons. The number of carbonyl (C=O) groups excluding carboxylic acids is 1. The van der Waals surface area contributed by atoms with Gasteiger partial charge in [-0.15, -0.1) is 0 Å². The third kappa shape index (κ3) is 3.17. The third-order valence-electron chi connectivity index (χ3n) is 3.48. The van der Waals surface area contributed by atoms with Gasteiger partial charge >= 0.3 is 5.97 Å². The van der Waals surface area contributed by atoms with E-state index in [1.54, 1.807) is 0 Å². The Morgan fingerprint density at radius 1 is 1.35 bits per heavy atom. The average molecular weight is 263 g/mol. The lowest BCUT2D eigenvalue weighted by Gasteiger charge is -2.39. The van der Waals surface area contributed by atoms with E-state index in [-0.39, 0.29) is 12.0 Å². The van der Waals surface area contributed by atoms with Crippen LogP contribution in [0, 0.1) is 11.8 Å². The van der Waals surface area contributed by atoms with Crippen LogP contribution in [-0.4, -0.2) is 42.0 Å². The van der Waals surface area contributed by atoms with Crippen molar-refractivity contribution in [2.45, 2.75) is 37.9 Å². The molecule has 0 aromatic heterocycles. The van der Waals surface area contributed by atoms with Crippen LogP contribution in [0.5, 0.6) is 0 Å². The highest BCUT2D eigenvalue weighted by Gasteiger charge is 2.41. The molecule has 0 amide bonds. The van der Waals surface area contributed by atoms with Gasteiger partial charge in [0.1, 0.15) is 6.10 Å². The summed E-state index contributed by atoms with van der Waals surface area (Å²) in [6.07, 6.45) is 1.39. The first-order valence-electron chi connectivity index (χ1n) is 5.67. The van der Waals surface area contributed by atoms with E-state index in [9.17, 15) is 22.9 Å². The molecule has 0 spiro atoms. The van der Waals surface area contributed by atoms with E-state index in [0.29, 0.717) is 25.7 Å². The van der Waals surface area contributed by atoms with Crippen LogP contribution in [0.25, 0.3) is 0 Å². The molecule has 4 atom stereocenters. The van der Waals surface area contributed by atoms with Gasteiger partial charge in [0.2, 0.25) is 0 Å². The van der Waals surface area contributed by atoms with E-state index >= 15 is 0 Å². The van der Waals surface area contributed by atoms with Gasteiger partial charge in [0.05, 0.1) is 27.9 Å². The minimum absolute atomic E-state index is 0.0248. The molecular formula is C10H15O6S-. The Bertz CT molecular complexity index is 403. The number of aliphatic hydroxyl groups is 1. The van der Waals surface area contributed by atoms with E-state index in [4.69, 9.17) is 4.74 Å². The molecule has 0 aromatic rings. The van der Waals surface area contributed by atoms with Crippen molar-refractivity contribution >= 4 is 16.1 Å². The summed E-state index contributed by atoms with van der Waals surface area (Å²) in [5.74, 6) is -2.19. The molecular weight excluding hydrogens is 248 g/mol. The summed E-state index contributed by atoms with van der Waals surface area (Å²) in [6.45, 7) is 0. The van der Waals surface area contributed by atoms with Gasteiger partial charge in [-0.2, -0.15) is 0 Å². The fraction of sp³-hybridized carbons (Fsp3) is 0.900. The number of fused-ring (bicyclic) bond motifs is 1. The molecule has 4 unspecified atom stereocenters. The SMILES string of the molecule is O=C1OC2CCC(O)CC2CC1CS(=O)(=O)[O-]. The summed E-state index contributed by atoms with van der Waals surface area (Å²) >= 11 is 0. The van der Waals surface area contributed by atoms with Gasteiger partial charge < -0.3 is 14.4 Å². The Balaban J connectivity index is 2.04. The summed E-state index contributed by atoms with van der Waals surface area (Å²) in [4.78, 5) is 11.5. The molecule has 1 aliphatic carbocycles. The summed E-state index contributed by atoms with van der Waals surface area (Å²) < 4.78 is 37.1. The molecule has 2 fully saturated rings. The summed E-state index contributed by atoms with van der Waals surface area (Å²) in [7, 11) is -4.42. The van der Waals surface area contributed by atoms with E-state index in [2.05, 4.69) is 0 Å². The van der Waals surface area contributed by atoms with E-state index in [1.165, 1.54) is 0 Å². The van der Waals surface area contributed by atoms with Crippen molar-refractivity contribution in [1.82, 2.24) is 0 Å². The molecule has 98 valence electrons. The second-order valence-electron chi connectivity index (χ2n) is 4.86. The van der Waals surface area contributed by atoms with Crippen molar-refractivity contribution in [2.75, 3.05) is 5.75 Å². The Morgan fingerprint density at radius 2 is 2.06 bits per heavy atom. The monoisotopic (exact) mass is 263 g/mol. The van der Waals surface area contributed by atoms with E-state index in [1.807, 2.05) is 0 Å². The number of aliphatic hydroxyl groups excluding tert-OH is 1. The van der Waals surface area contributed by atoms with Crippen LogP contribution in [0.1, 0.15) is 25.7 Å². The van der Waals surface area contributed by atoms with Gasteiger partial charge in [-0.1, -0.05) is 0 Å². The van der Waals surface area contributed by atoms with Crippen LogP contribution in [0.4, 0.5) is 0 Å². The molecule has 0 bridgehead atoms. The van der Waals surface area contributed by atoms with Crippen LogP contribution in [-0.2, 0) is 19.6 Å². The van der Waals surface area contributed by atoms with Crippen molar-refractivity contribution in [3.8, 4) is 0 Å². The zero-order valence-electron chi connectivity index (χ0n) is 9.24. The molecule has 0 aromatic carbocycles. The predicted molar refractivity (Wildman–Crippen MR) is 55.9 cm³/mol. The number of ether oxygens (including phenoxy) is 1. The molecule has 1 N–H and O–H groups in total.